The Kier molecular flexibility index (Phi) is 3.08. The Balaban J connectivity index is 2.17. The molecule has 0 spiro atoms. The minimum absolute atomic E-state index is 0.0449. The molecule has 0 bridgehead atoms. The van der Waals surface area contributed by atoms with Crippen LogP contribution in [0.4, 0.5) is 5.69 Å². The van der Waals surface area contributed by atoms with Gasteiger partial charge in [-0.15, -0.1) is 0 Å². The zero-order chi connectivity index (χ0) is 11.8. The molecule has 1 aliphatic rings. The molecular formula is C10H13ClN2O2S. The third-order valence-electron chi connectivity index (χ3n) is 2.87. The van der Waals surface area contributed by atoms with E-state index in [1.165, 1.54) is 0 Å². The van der Waals surface area contributed by atoms with Crippen LogP contribution in [0.1, 0.15) is 6.42 Å². The van der Waals surface area contributed by atoms with Crippen molar-refractivity contribution in [3.05, 3.63) is 23.5 Å². The number of pyridine rings is 1. The second-order valence-electron chi connectivity index (χ2n) is 4.00. The van der Waals surface area contributed by atoms with Gasteiger partial charge in [0.15, 0.2) is 9.84 Å². The summed E-state index contributed by atoms with van der Waals surface area (Å²) in [6, 6.07) is 3.62. The maximum absolute atomic E-state index is 11.4. The van der Waals surface area contributed by atoms with E-state index in [1.807, 2.05) is 18.0 Å². The molecule has 1 aliphatic heterocycles. The average Bonchev–Trinajstić information content (AvgIpc) is 2.58. The van der Waals surface area contributed by atoms with E-state index < -0.39 is 9.84 Å². The molecule has 0 radical (unpaired) electrons. The van der Waals surface area contributed by atoms with Crippen LogP contribution in [0.5, 0.6) is 0 Å². The molecule has 0 amide bonds. The van der Waals surface area contributed by atoms with Crippen LogP contribution in [0.2, 0.25) is 5.15 Å². The summed E-state index contributed by atoms with van der Waals surface area (Å²) >= 11 is 5.80. The maximum Gasteiger partial charge on any atom is 0.152 e. The average molecular weight is 261 g/mol. The van der Waals surface area contributed by atoms with Crippen molar-refractivity contribution in [3.63, 3.8) is 0 Å². The second kappa shape index (κ2) is 4.22. The number of halogens is 1. The van der Waals surface area contributed by atoms with E-state index in [-0.39, 0.29) is 17.5 Å². The van der Waals surface area contributed by atoms with E-state index >= 15 is 0 Å². The summed E-state index contributed by atoms with van der Waals surface area (Å²) in [4.78, 5) is 5.85. The molecule has 4 nitrogen and oxygen atoms in total. The van der Waals surface area contributed by atoms with E-state index in [0.717, 1.165) is 5.69 Å². The Morgan fingerprint density at radius 3 is 2.88 bits per heavy atom. The number of anilines is 1. The molecule has 0 aliphatic carbocycles. The van der Waals surface area contributed by atoms with Crippen LogP contribution in [-0.4, -0.2) is 38.0 Å². The minimum Gasteiger partial charge on any atom is -0.370 e. The molecule has 0 saturated carbocycles. The highest BCUT2D eigenvalue weighted by Gasteiger charge is 2.30. The van der Waals surface area contributed by atoms with Crippen molar-refractivity contribution in [2.45, 2.75) is 12.5 Å². The zero-order valence-corrected chi connectivity index (χ0v) is 10.5. The lowest BCUT2D eigenvalue weighted by Gasteiger charge is -2.25. The van der Waals surface area contributed by atoms with Gasteiger partial charge in [0.25, 0.3) is 0 Å². The molecule has 1 aromatic heterocycles. The van der Waals surface area contributed by atoms with E-state index in [9.17, 15) is 8.42 Å². The first-order valence-corrected chi connectivity index (χ1v) is 7.23. The third-order valence-corrected chi connectivity index (χ3v) is 4.83. The number of hydrogen-bond acceptors (Lipinski definition) is 4. The Labute approximate surface area is 100 Å². The standard InChI is InChI=1S/C10H13ClN2O2S/c1-13(8-2-4-12-10(11)6-8)9-3-5-16(14,15)7-9/h2,4,6,9H,3,5,7H2,1H3. The Morgan fingerprint density at radius 2 is 2.31 bits per heavy atom. The van der Waals surface area contributed by atoms with Crippen molar-refractivity contribution in [3.8, 4) is 0 Å². The molecule has 1 unspecified atom stereocenters. The van der Waals surface area contributed by atoms with Gasteiger partial charge in [0.05, 0.1) is 11.5 Å². The van der Waals surface area contributed by atoms with Crippen molar-refractivity contribution in [2.24, 2.45) is 0 Å². The lowest BCUT2D eigenvalue weighted by Crippen LogP contribution is -2.32. The van der Waals surface area contributed by atoms with Gasteiger partial charge < -0.3 is 4.90 Å². The number of rotatable bonds is 2. The Hall–Kier alpha value is -0.810. The van der Waals surface area contributed by atoms with Crippen molar-refractivity contribution in [1.29, 1.82) is 0 Å². The molecule has 0 aromatic carbocycles. The van der Waals surface area contributed by atoms with Crippen LogP contribution in [-0.2, 0) is 9.84 Å². The van der Waals surface area contributed by atoms with Crippen LogP contribution >= 0.6 is 11.6 Å². The van der Waals surface area contributed by atoms with Gasteiger partial charge in [0.1, 0.15) is 5.15 Å². The van der Waals surface area contributed by atoms with Gasteiger partial charge in [-0.25, -0.2) is 13.4 Å². The fraction of sp³-hybridized carbons (Fsp3) is 0.500. The summed E-state index contributed by atoms with van der Waals surface area (Å²) in [5.74, 6) is 0.504. The minimum atomic E-state index is -2.85. The van der Waals surface area contributed by atoms with Crippen molar-refractivity contribution >= 4 is 27.1 Å². The monoisotopic (exact) mass is 260 g/mol. The van der Waals surface area contributed by atoms with Gasteiger partial charge in [-0.3, -0.25) is 0 Å². The van der Waals surface area contributed by atoms with E-state index in [2.05, 4.69) is 4.98 Å². The SMILES string of the molecule is CN(c1ccnc(Cl)c1)C1CCS(=O)(=O)C1. The molecular weight excluding hydrogens is 248 g/mol. The highest BCUT2D eigenvalue weighted by Crippen LogP contribution is 2.23. The lowest BCUT2D eigenvalue weighted by molar-refractivity contribution is 0.601. The highest BCUT2D eigenvalue weighted by atomic mass is 35.5. The van der Waals surface area contributed by atoms with Gasteiger partial charge in [0, 0.05) is 25.0 Å². The molecule has 1 atom stereocenters. The molecule has 1 fully saturated rings. The molecule has 0 N–H and O–H groups in total. The van der Waals surface area contributed by atoms with Crippen LogP contribution in [0.3, 0.4) is 0 Å². The van der Waals surface area contributed by atoms with Crippen LogP contribution in [0.15, 0.2) is 18.3 Å². The largest absolute Gasteiger partial charge is 0.370 e. The van der Waals surface area contributed by atoms with Crippen molar-refractivity contribution in [1.82, 2.24) is 4.98 Å². The van der Waals surface area contributed by atoms with Crippen LogP contribution < -0.4 is 4.90 Å². The number of nitrogens with zero attached hydrogens (tertiary/aromatic N) is 2. The molecule has 88 valence electrons. The summed E-state index contributed by atoms with van der Waals surface area (Å²) in [5.41, 5.74) is 0.905. The molecule has 2 rings (SSSR count). The van der Waals surface area contributed by atoms with Gasteiger partial charge in [-0.1, -0.05) is 11.6 Å². The summed E-state index contributed by atoms with van der Waals surface area (Å²) in [6.07, 6.45) is 2.30. The lowest BCUT2D eigenvalue weighted by atomic mass is 10.2. The number of hydrogen-bond donors (Lipinski definition) is 0. The first kappa shape index (κ1) is 11.7. The topological polar surface area (TPSA) is 50.3 Å². The first-order chi connectivity index (χ1) is 7.48. The highest BCUT2D eigenvalue weighted by molar-refractivity contribution is 7.91. The molecule has 2 heterocycles. The summed E-state index contributed by atoms with van der Waals surface area (Å²) < 4.78 is 22.8. The second-order valence-corrected chi connectivity index (χ2v) is 6.62. The Bertz CT molecular complexity index is 489. The van der Waals surface area contributed by atoms with Crippen molar-refractivity contribution in [2.75, 3.05) is 23.5 Å². The predicted octanol–water partition coefficient (Wildman–Crippen LogP) is 1.36. The summed E-state index contributed by atoms with van der Waals surface area (Å²) in [7, 11) is -0.963. The zero-order valence-electron chi connectivity index (χ0n) is 8.93. The third kappa shape index (κ3) is 2.47. The quantitative estimate of drug-likeness (QED) is 0.754. The molecule has 16 heavy (non-hydrogen) atoms. The maximum atomic E-state index is 11.4. The van der Waals surface area contributed by atoms with E-state index in [1.54, 1.807) is 12.3 Å². The molecule has 6 heteroatoms. The number of sulfone groups is 1. The van der Waals surface area contributed by atoms with Crippen LogP contribution in [0, 0.1) is 0 Å². The van der Waals surface area contributed by atoms with Crippen LogP contribution in [0.25, 0.3) is 0 Å². The predicted molar refractivity (Wildman–Crippen MR) is 64.7 cm³/mol. The summed E-state index contributed by atoms with van der Waals surface area (Å²) in [5, 5.41) is 0.421. The van der Waals surface area contributed by atoms with Crippen molar-refractivity contribution < 1.29 is 8.42 Å². The number of aromatic nitrogens is 1. The molecule has 1 saturated heterocycles. The fourth-order valence-electron chi connectivity index (χ4n) is 1.90. The van der Waals surface area contributed by atoms with Gasteiger partial charge in [0.2, 0.25) is 0 Å². The first-order valence-electron chi connectivity index (χ1n) is 5.03. The van der Waals surface area contributed by atoms with Gasteiger partial charge >= 0.3 is 0 Å². The fourth-order valence-corrected chi connectivity index (χ4v) is 3.85. The van der Waals surface area contributed by atoms with E-state index in [4.69, 9.17) is 11.6 Å². The molecule has 1 aromatic rings. The van der Waals surface area contributed by atoms with E-state index in [0.29, 0.717) is 11.6 Å². The normalized spacial score (nSPS) is 23.2. The Morgan fingerprint density at radius 1 is 1.56 bits per heavy atom. The van der Waals surface area contributed by atoms with Gasteiger partial charge in [-0.2, -0.15) is 0 Å². The van der Waals surface area contributed by atoms with Gasteiger partial charge in [-0.05, 0) is 18.6 Å². The summed E-state index contributed by atoms with van der Waals surface area (Å²) in [6.45, 7) is 0. The smallest absolute Gasteiger partial charge is 0.152 e.